The van der Waals surface area contributed by atoms with E-state index in [0.717, 1.165) is 23.6 Å². The van der Waals surface area contributed by atoms with Crippen LogP contribution in [-0.2, 0) is 11.8 Å². The van der Waals surface area contributed by atoms with Crippen LogP contribution in [0, 0.1) is 0 Å². The van der Waals surface area contributed by atoms with Gasteiger partial charge in [-0.1, -0.05) is 0 Å². The molecule has 0 radical (unpaired) electrons. The van der Waals surface area contributed by atoms with Crippen LogP contribution in [0.3, 0.4) is 0 Å². The summed E-state index contributed by atoms with van der Waals surface area (Å²) in [5, 5.41) is 5.29. The highest BCUT2D eigenvalue weighted by atomic mass is 32.1. The Bertz CT molecular complexity index is 1260. The number of rotatable bonds is 8. The summed E-state index contributed by atoms with van der Waals surface area (Å²) in [6.07, 6.45) is 3.18. The Hall–Kier alpha value is -3.73. The summed E-state index contributed by atoms with van der Waals surface area (Å²) in [6.45, 7) is 7.13. The number of nitrogens with one attached hydrogen (secondary N) is 1. The molecule has 1 fully saturated rings. The molecule has 1 aromatic carbocycles. The molecule has 1 N–H and O–H groups in total. The molecule has 0 unspecified atom stereocenters. The maximum absolute atomic E-state index is 12.9. The number of carbonyl (C=O) groups is 3. The van der Waals surface area contributed by atoms with Gasteiger partial charge in [-0.05, 0) is 57.9 Å². The number of ether oxygens (including phenoxy) is 2. The molecule has 2 aromatic heterocycles. The summed E-state index contributed by atoms with van der Waals surface area (Å²) >= 11 is 1.44. The van der Waals surface area contributed by atoms with Gasteiger partial charge in [-0.3, -0.25) is 9.59 Å². The molecule has 196 valence electrons. The fourth-order valence-electron chi connectivity index (χ4n) is 4.13. The number of thiazole rings is 1. The molecule has 10 nitrogen and oxygen atoms in total. The minimum Gasteiger partial charge on any atom is -0.491 e. The van der Waals surface area contributed by atoms with Crippen LogP contribution in [-0.4, -0.2) is 63.0 Å². The van der Waals surface area contributed by atoms with Crippen LogP contribution in [0.5, 0.6) is 5.75 Å². The number of hydrogen-bond donors (Lipinski definition) is 1. The fraction of sp³-hybridized carbons (Fsp3) is 0.423. The lowest BCUT2D eigenvalue weighted by atomic mass is 9.97. The van der Waals surface area contributed by atoms with Crippen molar-refractivity contribution >= 4 is 34.9 Å². The van der Waals surface area contributed by atoms with Crippen molar-refractivity contribution < 1.29 is 23.9 Å². The Kier molecular flexibility index (Phi) is 8.22. The highest BCUT2D eigenvalue weighted by Gasteiger charge is 2.27. The summed E-state index contributed by atoms with van der Waals surface area (Å²) in [5.74, 6) is 0.347. The van der Waals surface area contributed by atoms with Crippen molar-refractivity contribution in [3.8, 4) is 5.75 Å². The largest absolute Gasteiger partial charge is 0.491 e. The zero-order valence-electron chi connectivity index (χ0n) is 21.4. The molecule has 0 saturated carbocycles. The van der Waals surface area contributed by atoms with Gasteiger partial charge in [0.05, 0.1) is 17.7 Å². The van der Waals surface area contributed by atoms with Crippen LogP contribution in [0.4, 0.5) is 5.82 Å². The van der Waals surface area contributed by atoms with Crippen LogP contribution in [0.25, 0.3) is 0 Å². The van der Waals surface area contributed by atoms with Gasteiger partial charge in [0.25, 0.3) is 11.8 Å². The number of benzene rings is 1. The average molecular weight is 526 g/mol. The number of carbonyl (C=O) groups excluding carboxylic acids is 3. The van der Waals surface area contributed by atoms with E-state index in [-0.39, 0.29) is 36.2 Å². The summed E-state index contributed by atoms with van der Waals surface area (Å²) in [5.41, 5.74) is 0.939. The van der Waals surface area contributed by atoms with E-state index in [1.165, 1.54) is 15.9 Å². The molecule has 1 aliphatic rings. The monoisotopic (exact) mass is 525 g/mol. The van der Waals surface area contributed by atoms with Crippen molar-refractivity contribution in [3.05, 3.63) is 57.9 Å². The molecule has 0 bridgehead atoms. The molecule has 3 heterocycles. The van der Waals surface area contributed by atoms with Gasteiger partial charge >= 0.3 is 5.97 Å². The Balaban J connectivity index is 1.32. The van der Waals surface area contributed by atoms with Crippen molar-refractivity contribution in [1.82, 2.24) is 19.4 Å². The Morgan fingerprint density at radius 1 is 1.14 bits per heavy atom. The zero-order chi connectivity index (χ0) is 26.5. The predicted molar refractivity (Wildman–Crippen MR) is 139 cm³/mol. The minimum absolute atomic E-state index is 0.00583. The molecule has 0 aliphatic carbocycles. The van der Waals surface area contributed by atoms with Gasteiger partial charge in [0.1, 0.15) is 11.4 Å². The number of imidazole rings is 1. The van der Waals surface area contributed by atoms with Crippen LogP contribution in [0.15, 0.2) is 35.8 Å². The van der Waals surface area contributed by atoms with E-state index in [0.29, 0.717) is 24.3 Å². The lowest BCUT2D eigenvalue weighted by Crippen LogP contribution is -2.37. The molecule has 0 atom stereocenters. The summed E-state index contributed by atoms with van der Waals surface area (Å²) < 4.78 is 12.1. The van der Waals surface area contributed by atoms with Crippen molar-refractivity contribution in [3.63, 3.8) is 0 Å². The first-order chi connectivity index (χ1) is 17.7. The molecular formula is C26H31N5O5S. The molecular weight excluding hydrogens is 494 g/mol. The number of aryl methyl sites for hydroxylation is 1. The Labute approximate surface area is 219 Å². The third-order valence-corrected chi connectivity index (χ3v) is 6.94. The molecule has 3 aromatic rings. The first-order valence-corrected chi connectivity index (χ1v) is 13.2. The highest BCUT2D eigenvalue weighted by Crippen LogP contribution is 2.31. The van der Waals surface area contributed by atoms with E-state index in [2.05, 4.69) is 15.3 Å². The molecule has 1 saturated heterocycles. The molecule has 1 aliphatic heterocycles. The van der Waals surface area contributed by atoms with Crippen molar-refractivity contribution in [2.24, 2.45) is 7.05 Å². The van der Waals surface area contributed by atoms with Gasteiger partial charge in [0.2, 0.25) is 5.82 Å². The number of esters is 1. The molecule has 2 amide bonds. The van der Waals surface area contributed by atoms with Crippen molar-refractivity contribution in [1.29, 1.82) is 0 Å². The van der Waals surface area contributed by atoms with Gasteiger partial charge in [-0.2, -0.15) is 0 Å². The molecule has 37 heavy (non-hydrogen) atoms. The Morgan fingerprint density at radius 2 is 1.84 bits per heavy atom. The fourth-order valence-corrected chi connectivity index (χ4v) is 5.10. The van der Waals surface area contributed by atoms with Crippen molar-refractivity contribution in [2.75, 3.05) is 25.0 Å². The standard InChI is InChI=1S/C26H31N5O5S/c1-5-35-26(34)22-28-21(14-30(22)4)29-23(32)20-15-37-24(27-20)17-10-12-31(13-11-17)25(33)18-6-8-19(9-7-18)36-16(2)3/h6-9,14-17H,5,10-13H2,1-4H3,(H,29,32). The van der Waals surface area contributed by atoms with E-state index in [1.807, 2.05) is 30.9 Å². The quantitative estimate of drug-likeness (QED) is 0.440. The maximum atomic E-state index is 12.9. The third kappa shape index (κ3) is 6.34. The lowest BCUT2D eigenvalue weighted by molar-refractivity contribution is 0.0507. The van der Waals surface area contributed by atoms with Gasteiger partial charge in [-0.15, -0.1) is 11.3 Å². The molecule has 11 heteroatoms. The van der Waals surface area contributed by atoms with Crippen LogP contribution in [0.2, 0.25) is 0 Å². The van der Waals surface area contributed by atoms with Gasteiger partial charge in [0.15, 0.2) is 5.82 Å². The van der Waals surface area contributed by atoms with Crippen molar-refractivity contribution in [2.45, 2.75) is 45.6 Å². The number of likely N-dealkylation sites (tertiary alicyclic amines) is 1. The second-order valence-electron chi connectivity index (χ2n) is 9.06. The number of amides is 2. The van der Waals surface area contributed by atoms with Crippen LogP contribution in [0.1, 0.15) is 76.0 Å². The number of anilines is 1. The number of aromatic nitrogens is 3. The molecule has 4 rings (SSSR count). The SMILES string of the molecule is CCOC(=O)c1nc(NC(=O)c2csc(C3CCN(C(=O)c4ccc(OC(C)C)cc4)CC3)n2)cn1C. The van der Waals surface area contributed by atoms with Crippen LogP contribution >= 0.6 is 11.3 Å². The summed E-state index contributed by atoms with van der Waals surface area (Å²) in [6, 6.07) is 7.25. The predicted octanol–water partition coefficient (Wildman–Crippen LogP) is 4.11. The highest BCUT2D eigenvalue weighted by molar-refractivity contribution is 7.10. The zero-order valence-corrected chi connectivity index (χ0v) is 22.2. The van der Waals surface area contributed by atoms with Gasteiger partial charge in [0, 0.05) is 43.2 Å². The van der Waals surface area contributed by atoms with E-state index in [1.54, 1.807) is 37.7 Å². The average Bonchev–Trinajstić information content (AvgIpc) is 3.51. The first-order valence-electron chi connectivity index (χ1n) is 12.3. The Morgan fingerprint density at radius 3 is 2.49 bits per heavy atom. The van der Waals surface area contributed by atoms with E-state index in [4.69, 9.17) is 9.47 Å². The van der Waals surface area contributed by atoms with E-state index < -0.39 is 11.9 Å². The summed E-state index contributed by atoms with van der Waals surface area (Å²) in [7, 11) is 1.66. The second-order valence-corrected chi connectivity index (χ2v) is 9.95. The van der Waals surface area contributed by atoms with Crippen LogP contribution < -0.4 is 10.1 Å². The topological polar surface area (TPSA) is 116 Å². The minimum atomic E-state index is -0.552. The lowest BCUT2D eigenvalue weighted by Gasteiger charge is -2.31. The number of hydrogen-bond acceptors (Lipinski definition) is 8. The number of nitrogens with zero attached hydrogens (tertiary/aromatic N) is 4. The smallest absolute Gasteiger partial charge is 0.374 e. The maximum Gasteiger partial charge on any atom is 0.374 e. The van der Waals surface area contributed by atoms with Gasteiger partial charge in [-0.25, -0.2) is 14.8 Å². The first kappa shape index (κ1) is 26.3. The molecule has 0 spiro atoms. The second kappa shape index (κ2) is 11.5. The van der Waals surface area contributed by atoms with E-state index in [9.17, 15) is 14.4 Å². The number of piperidine rings is 1. The normalized spacial score (nSPS) is 14.0. The van der Waals surface area contributed by atoms with Gasteiger partial charge < -0.3 is 24.3 Å². The third-order valence-electron chi connectivity index (χ3n) is 5.94. The van der Waals surface area contributed by atoms with E-state index >= 15 is 0 Å². The summed E-state index contributed by atoms with van der Waals surface area (Å²) in [4.78, 5) is 48.1.